The fourth-order valence-corrected chi connectivity index (χ4v) is 4.68. The molecule has 32 heavy (non-hydrogen) atoms. The molecule has 0 spiro atoms. The van der Waals surface area contributed by atoms with Gasteiger partial charge in [0.1, 0.15) is 17.4 Å². The lowest BCUT2D eigenvalue weighted by molar-refractivity contribution is -0.118. The predicted octanol–water partition coefficient (Wildman–Crippen LogP) is 5.45. The number of hydrogen-bond acceptors (Lipinski definition) is 4. The summed E-state index contributed by atoms with van der Waals surface area (Å²) in [5.41, 5.74) is 3.47. The maximum absolute atomic E-state index is 13.2. The molecule has 5 rings (SSSR count). The third kappa shape index (κ3) is 3.60. The number of amides is 1. The average molecular weight is 447 g/mol. The monoisotopic (exact) mass is 446 g/mol. The standard InChI is InChI=1S/C25H23ClN4O2/c1-25(2)12-19-21(20(31)13-25)22(15-6-4-3-5-7-15)30-23(29-19)18(14-27-30)24(32)28-17-10-8-16(26)9-11-17/h3-11,14,22,29H,12-13H2,1-2H3,(H,28,32)/t22-/m0/s1. The molecule has 1 aliphatic carbocycles. The number of nitrogens with one attached hydrogen (secondary N) is 2. The van der Waals surface area contributed by atoms with Crippen molar-refractivity contribution in [1.29, 1.82) is 0 Å². The molecule has 7 heteroatoms. The Morgan fingerprint density at radius 3 is 2.56 bits per heavy atom. The summed E-state index contributed by atoms with van der Waals surface area (Å²) in [6.45, 7) is 4.18. The zero-order chi connectivity index (χ0) is 22.5. The molecular formula is C25H23ClN4O2. The Bertz CT molecular complexity index is 1240. The summed E-state index contributed by atoms with van der Waals surface area (Å²) >= 11 is 5.95. The number of fused-ring (bicyclic) bond motifs is 1. The lowest BCUT2D eigenvalue weighted by atomic mass is 9.73. The first-order valence-corrected chi connectivity index (χ1v) is 10.9. The van der Waals surface area contributed by atoms with E-state index in [0.29, 0.717) is 28.5 Å². The third-order valence-corrected chi connectivity index (χ3v) is 6.22. The van der Waals surface area contributed by atoms with Crippen molar-refractivity contribution in [2.45, 2.75) is 32.7 Å². The van der Waals surface area contributed by atoms with E-state index >= 15 is 0 Å². The van der Waals surface area contributed by atoms with Crippen LogP contribution in [0.1, 0.15) is 48.7 Å². The molecule has 1 aromatic heterocycles. The number of hydrogen-bond donors (Lipinski definition) is 2. The zero-order valence-corrected chi connectivity index (χ0v) is 18.6. The van der Waals surface area contributed by atoms with E-state index in [1.54, 1.807) is 35.1 Å². The lowest BCUT2D eigenvalue weighted by Gasteiger charge is -2.39. The normalized spacial score (nSPS) is 19.1. The van der Waals surface area contributed by atoms with Gasteiger partial charge in [0.05, 0.1) is 6.20 Å². The molecule has 0 radical (unpaired) electrons. The first-order valence-electron chi connectivity index (χ1n) is 10.5. The number of carbonyl (C=O) groups excluding carboxylic acids is 2. The highest BCUT2D eigenvalue weighted by molar-refractivity contribution is 6.30. The molecule has 2 aromatic carbocycles. The largest absolute Gasteiger partial charge is 0.343 e. The molecule has 1 aliphatic heterocycles. The SMILES string of the molecule is CC1(C)CC(=O)C2=C(C1)Nc1c(C(=O)Nc3ccc(Cl)cc3)cnn1[C@H]2c1ccccc1. The fourth-order valence-electron chi connectivity index (χ4n) is 4.55. The van der Waals surface area contributed by atoms with Crippen LogP contribution in [0.2, 0.25) is 5.02 Å². The molecular weight excluding hydrogens is 424 g/mol. The Morgan fingerprint density at radius 2 is 1.84 bits per heavy atom. The summed E-state index contributed by atoms with van der Waals surface area (Å²) in [6, 6.07) is 16.4. The molecule has 0 fully saturated rings. The minimum absolute atomic E-state index is 0.117. The molecule has 0 saturated carbocycles. The van der Waals surface area contributed by atoms with E-state index in [2.05, 4.69) is 29.6 Å². The quantitative estimate of drug-likeness (QED) is 0.561. The first-order chi connectivity index (χ1) is 15.3. The van der Waals surface area contributed by atoms with E-state index in [9.17, 15) is 9.59 Å². The van der Waals surface area contributed by atoms with Gasteiger partial charge in [-0.05, 0) is 41.7 Å². The first kappa shape index (κ1) is 20.5. The summed E-state index contributed by atoms with van der Waals surface area (Å²) in [4.78, 5) is 26.3. The number of Topliss-reactive ketones (excluding diaryl/α,β-unsaturated/α-hetero) is 1. The van der Waals surface area contributed by atoms with Gasteiger partial charge in [-0.1, -0.05) is 55.8 Å². The van der Waals surface area contributed by atoms with Crippen molar-refractivity contribution in [1.82, 2.24) is 9.78 Å². The highest BCUT2D eigenvalue weighted by Gasteiger charge is 2.42. The van der Waals surface area contributed by atoms with Crippen molar-refractivity contribution < 1.29 is 9.59 Å². The van der Waals surface area contributed by atoms with Gasteiger partial charge in [0.15, 0.2) is 5.78 Å². The van der Waals surface area contributed by atoms with Gasteiger partial charge < -0.3 is 10.6 Å². The van der Waals surface area contributed by atoms with Crippen LogP contribution >= 0.6 is 11.6 Å². The number of allylic oxidation sites excluding steroid dienone is 2. The van der Waals surface area contributed by atoms with E-state index in [1.807, 2.05) is 30.3 Å². The second kappa shape index (κ2) is 7.64. The van der Waals surface area contributed by atoms with Crippen molar-refractivity contribution in [2.24, 2.45) is 5.41 Å². The Labute approximate surface area is 191 Å². The molecule has 0 unspecified atom stereocenters. The molecule has 1 amide bonds. The summed E-state index contributed by atoms with van der Waals surface area (Å²) in [6.07, 6.45) is 2.76. The van der Waals surface area contributed by atoms with Gasteiger partial charge >= 0.3 is 0 Å². The minimum Gasteiger partial charge on any atom is -0.343 e. The number of ketones is 1. The van der Waals surface area contributed by atoms with Gasteiger partial charge in [-0.15, -0.1) is 0 Å². The topological polar surface area (TPSA) is 76.0 Å². The Hall–Kier alpha value is -3.38. The maximum Gasteiger partial charge on any atom is 0.261 e. The van der Waals surface area contributed by atoms with Gasteiger partial charge in [-0.25, -0.2) is 4.68 Å². The van der Waals surface area contributed by atoms with Crippen LogP contribution in [0.4, 0.5) is 11.5 Å². The van der Waals surface area contributed by atoms with Crippen LogP contribution in [0.5, 0.6) is 0 Å². The number of nitrogens with zero attached hydrogens (tertiary/aromatic N) is 2. The number of halogens is 1. The summed E-state index contributed by atoms with van der Waals surface area (Å²) in [5.74, 6) is 0.429. The van der Waals surface area contributed by atoms with Gasteiger partial charge in [0.25, 0.3) is 5.91 Å². The Kier molecular flexibility index (Phi) is 4.90. The molecule has 3 aromatic rings. The highest BCUT2D eigenvalue weighted by Crippen LogP contribution is 2.46. The smallest absolute Gasteiger partial charge is 0.261 e. The van der Waals surface area contributed by atoms with E-state index in [-0.39, 0.29) is 23.1 Å². The molecule has 0 saturated heterocycles. The lowest BCUT2D eigenvalue weighted by Crippen LogP contribution is -2.36. The van der Waals surface area contributed by atoms with Crippen molar-refractivity contribution in [2.75, 3.05) is 10.6 Å². The number of carbonyl (C=O) groups is 2. The van der Waals surface area contributed by atoms with Crippen LogP contribution in [0, 0.1) is 5.41 Å². The zero-order valence-electron chi connectivity index (χ0n) is 17.9. The number of benzene rings is 2. The van der Waals surface area contributed by atoms with E-state index in [0.717, 1.165) is 23.3 Å². The van der Waals surface area contributed by atoms with E-state index < -0.39 is 0 Å². The summed E-state index contributed by atoms with van der Waals surface area (Å²) < 4.78 is 1.75. The van der Waals surface area contributed by atoms with Crippen LogP contribution in [0.15, 0.2) is 72.1 Å². The predicted molar refractivity (Wildman–Crippen MR) is 125 cm³/mol. The number of rotatable bonds is 3. The minimum atomic E-state index is -0.372. The van der Waals surface area contributed by atoms with Crippen LogP contribution < -0.4 is 10.6 Å². The highest BCUT2D eigenvalue weighted by atomic mass is 35.5. The van der Waals surface area contributed by atoms with Crippen molar-refractivity contribution in [3.8, 4) is 0 Å². The molecule has 1 atom stereocenters. The molecule has 6 nitrogen and oxygen atoms in total. The van der Waals surface area contributed by atoms with E-state index in [4.69, 9.17) is 11.6 Å². The molecule has 2 heterocycles. The molecule has 2 aliphatic rings. The van der Waals surface area contributed by atoms with E-state index in [1.165, 1.54) is 0 Å². The summed E-state index contributed by atoms with van der Waals surface area (Å²) in [5, 5.41) is 11.4. The van der Waals surface area contributed by atoms with Crippen LogP contribution in [0.3, 0.4) is 0 Å². The van der Waals surface area contributed by atoms with Gasteiger partial charge in [0.2, 0.25) is 0 Å². The van der Waals surface area contributed by atoms with Gasteiger partial charge in [0, 0.05) is 28.4 Å². The fraction of sp³-hybridized carbons (Fsp3) is 0.240. The maximum atomic E-state index is 13.2. The number of anilines is 2. The second-order valence-corrected chi connectivity index (χ2v) is 9.52. The van der Waals surface area contributed by atoms with Crippen LogP contribution in [0.25, 0.3) is 0 Å². The summed E-state index contributed by atoms with van der Waals surface area (Å²) in [7, 11) is 0. The third-order valence-electron chi connectivity index (χ3n) is 5.96. The molecule has 162 valence electrons. The van der Waals surface area contributed by atoms with Gasteiger partial charge in [-0.2, -0.15) is 5.10 Å². The molecule has 2 N–H and O–H groups in total. The number of aromatic nitrogens is 2. The molecule has 0 bridgehead atoms. The van der Waals surface area contributed by atoms with Crippen LogP contribution in [-0.4, -0.2) is 21.5 Å². The second-order valence-electron chi connectivity index (χ2n) is 9.08. The van der Waals surface area contributed by atoms with Gasteiger partial charge in [-0.3, -0.25) is 9.59 Å². The van der Waals surface area contributed by atoms with Crippen molar-refractivity contribution in [3.05, 3.63) is 88.2 Å². The Balaban J connectivity index is 1.58. The Morgan fingerprint density at radius 1 is 1.12 bits per heavy atom. The average Bonchev–Trinajstić information content (AvgIpc) is 3.17. The van der Waals surface area contributed by atoms with Crippen LogP contribution in [-0.2, 0) is 4.79 Å². The van der Waals surface area contributed by atoms with Crippen molar-refractivity contribution in [3.63, 3.8) is 0 Å². The van der Waals surface area contributed by atoms with Crippen molar-refractivity contribution >= 4 is 34.8 Å².